The number of ether oxygens (including phenoxy) is 1. The van der Waals surface area contributed by atoms with Crippen LogP contribution in [0, 0.1) is 21.4 Å². The molecule has 0 bridgehead atoms. The number of nitro groups is 1. The molecule has 0 spiro atoms. The molecule has 1 N–H and O–H groups in total. The number of rotatable bonds is 6. The number of hydrogen-bond acceptors (Lipinski definition) is 7. The van der Waals surface area contributed by atoms with Gasteiger partial charge in [-0.05, 0) is 25.8 Å². The first-order valence-corrected chi connectivity index (χ1v) is 9.12. The van der Waals surface area contributed by atoms with Gasteiger partial charge in [0.25, 0.3) is 11.6 Å². The first-order chi connectivity index (χ1) is 13.3. The fourth-order valence-corrected chi connectivity index (χ4v) is 3.45. The normalized spacial score (nSPS) is 16.4. The third-order valence-corrected chi connectivity index (χ3v) is 5.20. The van der Waals surface area contributed by atoms with E-state index in [4.69, 9.17) is 4.74 Å². The van der Waals surface area contributed by atoms with E-state index < -0.39 is 28.4 Å². The Bertz CT molecular complexity index is 811. The summed E-state index contributed by atoms with van der Waals surface area (Å²) in [5, 5.41) is 23.4. The minimum Gasteiger partial charge on any atom is -0.449 e. The molecule has 1 fully saturated rings. The van der Waals surface area contributed by atoms with E-state index in [9.17, 15) is 25.0 Å². The molecule has 1 aliphatic carbocycles. The van der Waals surface area contributed by atoms with Crippen molar-refractivity contribution >= 4 is 23.3 Å². The number of benzene rings is 1. The summed E-state index contributed by atoms with van der Waals surface area (Å²) in [5.41, 5.74) is -0.832. The van der Waals surface area contributed by atoms with E-state index in [1.165, 1.54) is 24.0 Å². The number of esters is 1. The number of nitrogens with zero attached hydrogens (tertiary/aromatic N) is 3. The molecule has 1 saturated carbocycles. The summed E-state index contributed by atoms with van der Waals surface area (Å²) >= 11 is 0. The molecule has 0 aliphatic heterocycles. The van der Waals surface area contributed by atoms with E-state index in [1.807, 2.05) is 0 Å². The second-order valence-electron chi connectivity index (χ2n) is 6.89. The van der Waals surface area contributed by atoms with Crippen LogP contribution in [-0.2, 0) is 9.53 Å². The number of nitriles is 1. The minimum absolute atomic E-state index is 0.0355. The third-order valence-electron chi connectivity index (χ3n) is 5.20. The fraction of sp³-hybridized carbons (Fsp3) is 0.526. The lowest BCUT2D eigenvalue weighted by Gasteiger charge is -2.39. The maximum atomic E-state index is 12.8. The Labute approximate surface area is 163 Å². The number of carbonyl (C=O) groups excluding carboxylic acids is 2. The monoisotopic (exact) mass is 388 g/mol. The van der Waals surface area contributed by atoms with Gasteiger partial charge in [0.15, 0.2) is 6.10 Å². The Morgan fingerprint density at radius 2 is 2.00 bits per heavy atom. The van der Waals surface area contributed by atoms with Crippen LogP contribution in [0.4, 0.5) is 11.4 Å². The van der Waals surface area contributed by atoms with Crippen LogP contribution in [0.2, 0.25) is 0 Å². The van der Waals surface area contributed by atoms with Crippen LogP contribution in [0.1, 0.15) is 49.4 Å². The highest BCUT2D eigenvalue weighted by molar-refractivity contribution is 5.98. The van der Waals surface area contributed by atoms with E-state index in [1.54, 1.807) is 14.1 Å². The van der Waals surface area contributed by atoms with Gasteiger partial charge in [0.05, 0.1) is 16.6 Å². The van der Waals surface area contributed by atoms with Gasteiger partial charge in [-0.15, -0.1) is 0 Å². The highest BCUT2D eigenvalue weighted by atomic mass is 16.6. The molecule has 0 saturated heterocycles. The largest absolute Gasteiger partial charge is 0.449 e. The van der Waals surface area contributed by atoms with Crippen LogP contribution in [0.5, 0.6) is 0 Å². The molecule has 0 radical (unpaired) electrons. The number of carbonyl (C=O) groups is 2. The number of non-ortho nitro benzene ring substituents is 1. The Hall–Kier alpha value is -3.15. The molecule has 1 aromatic rings. The Kier molecular flexibility index (Phi) is 6.57. The lowest BCUT2D eigenvalue weighted by atomic mass is 9.81. The van der Waals surface area contributed by atoms with Gasteiger partial charge in [-0.25, -0.2) is 4.79 Å². The average Bonchev–Trinajstić information content (AvgIpc) is 2.72. The van der Waals surface area contributed by atoms with Gasteiger partial charge in [0.1, 0.15) is 5.54 Å². The first-order valence-electron chi connectivity index (χ1n) is 9.12. The predicted octanol–water partition coefficient (Wildman–Crippen LogP) is 2.87. The van der Waals surface area contributed by atoms with Crippen molar-refractivity contribution in [1.82, 2.24) is 4.90 Å². The molecule has 0 aromatic heterocycles. The van der Waals surface area contributed by atoms with E-state index in [0.29, 0.717) is 18.5 Å². The van der Waals surface area contributed by atoms with Crippen molar-refractivity contribution in [2.75, 3.05) is 19.4 Å². The number of amides is 1. The van der Waals surface area contributed by atoms with Gasteiger partial charge in [-0.1, -0.05) is 19.3 Å². The van der Waals surface area contributed by atoms with Crippen molar-refractivity contribution in [2.24, 2.45) is 0 Å². The minimum atomic E-state index is -1.13. The van der Waals surface area contributed by atoms with Crippen LogP contribution in [0.15, 0.2) is 18.2 Å². The molecule has 28 heavy (non-hydrogen) atoms. The molecule has 2 rings (SSSR count). The SMILES string of the molecule is CNc1ccc([N+](=O)[O-])cc1C(=O)O[C@H](C)C(=O)N(C)C1(C#N)CCCCC1. The van der Waals surface area contributed by atoms with Crippen molar-refractivity contribution in [2.45, 2.75) is 50.7 Å². The second-order valence-corrected chi connectivity index (χ2v) is 6.89. The molecule has 9 nitrogen and oxygen atoms in total. The third kappa shape index (κ3) is 4.22. The Balaban J connectivity index is 2.17. The van der Waals surface area contributed by atoms with Crippen LogP contribution >= 0.6 is 0 Å². The van der Waals surface area contributed by atoms with Crippen LogP contribution < -0.4 is 5.32 Å². The summed E-state index contributed by atoms with van der Waals surface area (Å²) in [6.07, 6.45) is 2.78. The average molecular weight is 388 g/mol. The van der Waals surface area contributed by atoms with E-state index in [-0.39, 0.29) is 11.3 Å². The molecule has 0 heterocycles. The summed E-state index contributed by atoms with van der Waals surface area (Å²) in [7, 11) is 3.12. The smallest absolute Gasteiger partial charge is 0.341 e. The van der Waals surface area contributed by atoms with Gasteiger partial charge < -0.3 is 15.0 Å². The van der Waals surface area contributed by atoms with Gasteiger partial charge in [-0.3, -0.25) is 14.9 Å². The maximum Gasteiger partial charge on any atom is 0.341 e. The van der Waals surface area contributed by atoms with Crippen molar-refractivity contribution < 1.29 is 19.2 Å². The predicted molar refractivity (Wildman–Crippen MR) is 102 cm³/mol. The zero-order chi connectivity index (χ0) is 20.9. The van der Waals surface area contributed by atoms with Gasteiger partial charge in [-0.2, -0.15) is 5.26 Å². The number of hydrogen-bond donors (Lipinski definition) is 1. The van der Waals surface area contributed by atoms with E-state index in [0.717, 1.165) is 25.3 Å². The van der Waals surface area contributed by atoms with Crippen LogP contribution in [0.25, 0.3) is 0 Å². The topological polar surface area (TPSA) is 126 Å². The molecule has 1 atom stereocenters. The maximum absolute atomic E-state index is 12.8. The van der Waals surface area contributed by atoms with E-state index >= 15 is 0 Å². The summed E-state index contributed by atoms with van der Waals surface area (Å²) in [6, 6.07) is 6.03. The Morgan fingerprint density at radius 3 is 2.54 bits per heavy atom. The zero-order valence-corrected chi connectivity index (χ0v) is 16.2. The Morgan fingerprint density at radius 1 is 1.36 bits per heavy atom. The van der Waals surface area contributed by atoms with Crippen molar-refractivity contribution in [3.05, 3.63) is 33.9 Å². The molecule has 0 unspecified atom stereocenters. The number of anilines is 1. The molecule has 1 amide bonds. The molecule has 150 valence electrons. The molecular formula is C19H24N4O5. The molecular weight excluding hydrogens is 364 g/mol. The fourth-order valence-electron chi connectivity index (χ4n) is 3.45. The van der Waals surface area contributed by atoms with Crippen molar-refractivity contribution in [1.29, 1.82) is 5.26 Å². The highest BCUT2D eigenvalue weighted by Crippen LogP contribution is 2.33. The molecule has 1 aromatic carbocycles. The summed E-state index contributed by atoms with van der Waals surface area (Å²) in [6.45, 7) is 1.43. The van der Waals surface area contributed by atoms with E-state index in [2.05, 4.69) is 11.4 Å². The number of nitro benzene ring substituents is 1. The second kappa shape index (κ2) is 8.69. The standard InChI is InChI=1S/C19H24N4O5/c1-13(17(24)22(3)19(12-20)9-5-4-6-10-19)28-18(25)15-11-14(23(26)27)7-8-16(15)21-2/h7-8,11,13,21H,4-6,9-10H2,1-3H3/t13-/m1/s1. The number of nitrogens with one attached hydrogen (secondary N) is 1. The first kappa shape index (κ1) is 21.2. The van der Waals surface area contributed by atoms with Gasteiger partial charge in [0, 0.05) is 31.9 Å². The van der Waals surface area contributed by atoms with Gasteiger partial charge >= 0.3 is 5.97 Å². The lowest BCUT2D eigenvalue weighted by Crippen LogP contribution is -2.53. The molecule has 9 heteroatoms. The van der Waals surface area contributed by atoms with Crippen LogP contribution in [0.3, 0.4) is 0 Å². The molecule has 1 aliphatic rings. The van der Waals surface area contributed by atoms with Crippen molar-refractivity contribution in [3.63, 3.8) is 0 Å². The summed E-state index contributed by atoms with van der Waals surface area (Å²) < 4.78 is 5.27. The van der Waals surface area contributed by atoms with Crippen molar-refractivity contribution in [3.8, 4) is 6.07 Å². The number of likely N-dealkylation sites (N-methyl/N-ethyl adjacent to an activating group) is 1. The lowest BCUT2D eigenvalue weighted by molar-refractivity contribution is -0.384. The highest BCUT2D eigenvalue weighted by Gasteiger charge is 2.41. The van der Waals surface area contributed by atoms with Crippen LogP contribution in [-0.4, -0.2) is 47.4 Å². The quantitative estimate of drug-likeness (QED) is 0.451. The van der Waals surface area contributed by atoms with Gasteiger partial charge in [0.2, 0.25) is 0 Å². The summed E-state index contributed by atoms with van der Waals surface area (Å²) in [5.74, 6) is -1.33. The zero-order valence-electron chi connectivity index (χ0n) is 16.2. The summed E-state index contributed by atoms with van der Waals surface area (Å²) in [4.78, 5) is 37.1.